The van der Waals surface area contributed by atoms with E-state index < -0.39 is 0 Å². The van der Waals surface area contributed by atoms with Crippen molar-refractivity contribution < 1.29 is 0 Å². The number of hydrogen-bond donors (Lipinski definition) is 0. The molecule has 0 atom stereocenters. The molecule has 0 fully saturated rings. The highest BCUT2D eigenvalue weighted by Gasteiger charge is 2.20. The van der Waals surface area contributed by atoms with Gasteiger partial charge in [-0.2, -0.15) is 15.8 Å². The van der Waals surface area contributed by atoms with Gasteiger partial charge in [-0.3, -0.25) is 0 Å². The maximum absolute atomic E-state index is 10.4. The molecule has 0 spiro atoms. The van der Waals surface area contributed by atoms with Crippen molar-refractivity contribution in [1.29, 1.82) is 15.8 Å². The molecular formula is C45H25N5. The molecule has 9 rings (SSSR count). The van der Waals surface area contributed by atoms with Gasteiger partial charge < -0.3 is 9.13 Å². The third-order valence-electron chi connectivity index (χ3n) is 9.59. The summed E-state index contributed by atoms with van der Waals surface area (Å²) >= 11 is 0. The van der Waals surface area contributed by atoms with E-state index in [4.69, 9.17) is 0 Å². The number of aromatic nitrogens is 2. The summed E-state index contributed by atoms with van der Waals surface area (Å²) in [5.41, 5.74) is 11.4. The SMILES string of the molecule is N#Cc1ccc2c(c1)c1cc(C#N)ccc1n2-c1c(C#N)cccc1-c1cccc(-c2cccc(-n3c4ccccc4c4ccccc43)c2)c1. The van der Waals surface area contributed by atoms with Crippen molar-refractivity contribution in [3.63, 3.8) is 0 Å². The number of fused-ring (bicyclic) bond motifs is 6. The second-order valence-corrected chi connectivity index (χ2v) is 12.3. The summed E-state index contributed by atoms with van der Waals surface area (Å²) in [6, 6.07) is 58.0. The lowest BCUT2D eigenvalue weighted by Gasteiger charge is -2.17. The Balaban J connectivity index is 1.24. The molecule has 9 aromatic rings. The highest BCUT2D eigenvalue weighted by Crippen LogP contribution is 2.40. The maximum Gasteiger partial charge on any atom is 0.101 e. The Morgan fingerprint density at radius 3 is 1.54 bits per heavy atom. The lowest BCUT2D eigenvalue weighted by molar-refractivity contribution is 1.17. The van der Waals surface area contributed by atoms with Crippen LogP contribution < -0.4 is 0 Å². The van der Waals surface area contributed by atoms with Crippen molar-refractivity contribution in [2.75, 3.05) is 0 Å². The predicted octanol–water partition coefficient (Wildman–Crippen LogP) is 10.8. The summed E-state index contributed by atoms with van der Waals surface area (Å²) in [6.45, 7) is 0. The molecule has 0 aliphatic carbocycles. The number of para-hydroxylation sites is 3. The lowest BCUT2D eigenvalue weighted by Crippen LogP contribution is -2.01. The Morgan fingerprint density at radius 2 is 0.920 bits per heavy atom. The van der Waals surface area contributed by atoms with Gasteiger partial charge >= 0.3 is 0 Å². The molecule has 5 nitrogen and oxygen atoms in total. The normalized spacial score (nSPS) is 11.1. The van der Waals surface area contributed by atoms with E-state index in [1.165, 1.54) is 10.8 Å². The number of nitrogens with zero attached hydrogens (tertiary/aromatic N) is 5. The van der Waals surface area contributed by atoms with Crippen LogP contribution in [0.15, 0.2) is 152 Å². The third kappa shape index (κ3) is 4.38. The van der Waals surface area contributed by atoms with Crippen LogP contribution >= 0.6 is 0 Å². The van der Waals surface area contributed by atoms with Crippen molar-refractivity contribution >= 4 is 43.6 Å². The van der Waals surface area contributed by atoms with Crippen LogP contribution in [0.25, 0.3) is 77.2 Å². The first-order valence-electron chi connectivity index (χ1n) is 16.3. The highest BCUT2D eigenvalue weighted by molar-refractivity contribution is 6.11. The van der Waals surface area contributed by atoms with E-state index in [0.717, 1.165) is 66.5 Å². The molecule has 5 heteroatoms. The van der Waals surface area contributed by atoms with Crippen molar-refractivity contribution in [2.45, 2.75) is 0 Å². The average Bonchev–Trinajstić information content (AvgIpc) is 3.69. The van der Waals surface area contributed by atoms with Gasteiger partial charge in [0.25, 0.3) is 0 Å². The predicted molar refractivity (Wildman–Crippen MR) is 200 cm³/mol. The Kier molecular flexibility index (Phi) is 6.56. The molecular weight excluding hydrogens is 611 g/mol. The van der Waals surface area contributed by atoms with E-state index >= 15 is 0 Å². The van der Waals surface area contributed by atoms with Gasteiger partial charge in [-0.25, -0.2) is 0 Å². The van der Waals surface area contributed by atoms with Gasteiger partial charge in [-0.15, -0.1) is 0 Å². The molecule has 2 aromatic heterocycles. The van der Waals surface area contributed by atoms with Crippen LogP contribution in [0, 0.1) is 34.0 Å². The van der Waals surface area contributed by atoms with Gasteiger partial charge in [-0.05, 0) is 89.5 Å². The number of nitriles is 3. The van der Waals surface area contributed by atoms with Gasteiger partial charge in [0.1, 0.15) is 6.07 Å². The second kappa shape index (κ2) is 11.4. The van der Waals surface area contributed by atoms with Gasteiger partial charge in [-0.1, -0.05) is 78.9 Å². The molecule has 0 saturated heterocycles. The number of rotatable bonds is 4. The van der Waals surface area contributed by atoms with Crippen LogP contribution in [0.3, 0.4) is 0 Å². The van der Waals surface area contributed by atoms with Gasteiger partial charge in [0.2, 0.25) is 0 Å². The lowest BCUT2D eigenvalue weighted by atomic mass is 9.96. The van der Waals surface area contributed by atoms with Crippen LogP contribution in [-0.4, -0.2) is 9.13 Å². The summed E-state index contributed by atoms with van der Waals surface area (Å²) in [5, 5.41) is 34.0. The Morgan fingerprint density at radius 1 is 0.380 bits per heavy atom. The quantitative estimate of drug-likeness (QED) is 0.193. The van der Waals surface area contributed by atoms with Crippen molar-refractivity contribution in [3.8, 4) is 51.8 Å². The van der Waals surface area contributed by atoms with Crippen molar-refractivity contribution in [1.82, 2.24) is 9.13 Å². The summed E-state index contributed by atoms with van der Waals surface area (Å²) in [5.74, 6) is 0. The number of benzene rings is 7. The Bertz CT molecular complexity index is 2850. The molecule has 0 bridgehead atoms. The molecule has 2 heterocycles. The Hall–Kier alpha value is -7.39. The first kappa shape index (κ1) is 28.8. The molecule has 50 heavy (non-hydrogen) atoms. The highest BCUT2D eigenvalue weighted by atomic mass is 15.0. The van der Waals surface area contributed by atoms with E-state index in [1.54, 1.807) is 12.1 Å². The first-order valence-corrected chi connectivity index (χ1v) is 16.3. The number of hydrogen-bond acceptors (Lipinski definition) is 3. The zero-order chi connectivity index (χ0) is 33.8. The zero-order valence-electron chi connectivity index (χ0n) is 26.7. The summed E-state index contributed by atoms with van der Waals surface area (Å²) < 4.78 is 4.42. The van der Waals surface area contributed by atoms with Crippen LogP contribution in [0.2, 0.25) is 0 Å². The van der Waals surface area contributed by atoms with Gasteiger partial charge in [0, 0.05) is 32.8 Å². The van der Waals surface area contributed by atoms with Crippen LogP contribution in [0.1, 0.15) is 16.7 Å². The smallest absolute Gasteiger partial charge is 0.101 e. The minimum Gasteiger partial charge on any atom is -0.309 e. The fourth-order valence-corrected chi connectivity index (χ4v) is 7.40. The molecule has 0 amide bonds. The van der Waals surface area contributed by atoms with E-state index in [1.807, 2.05) is 36.4 Å². The molecule has 0 unspecified atom stereocenters. The van der Waals surface area contributed by atoms with Crippen LogP contribution in [0.4, 0.5) is 0 Å². The molecule has 230 valence electrons. The fraction of sp³-hybridized carbons (Fsp3) is 0. The molecule has 0 aliphatic heterocycles. The van der Waals surface area contributed by atoms with E-state index in [2.05, 4.69) is 130 Å². The van der Waals surface area contributed by atoms with Crippen LogP contribution in [0.5, 0.6) is 0 Å². The van der Waals surface area contributed by atoms with E-state index in [-0.39, 0.29) is 0 Å². The topological polar surface area (TPSA) is 81.2 Å². The van der Waals surface area contributed by atoms with Gasteiger partial charge in [0.05, 0.1) is 56.6 Å². The average molecular weight is 636 g/mol. The van der Waals surface area contributed by atoms with Crippen molar-refractivity contribution in [3.05, 3.63) is 168 Å². The van der Waals surface area contributed by atoms with E-state index in [9.17, 15) is 15.8 Å². The molecule has 7 aromatic carbocycles. The summed E-state index contributed by atoms with van der Waals surface area (Å²) in [6.07, 6.45) is 0. The first-order chi connectivity index (χ1) is 24.7. The Labute approximate surface area is 287 Å². The summed E-state index contributed by atoms with van der Waals surface area (Å²) in [7, 11) is 0. The molecule has 0 N–H and O–H groups in total. The minimum absolute atomic E-state index is 0.522. The monoisotopic (exact) mass is 635 g/mol. The third-order valence-corrected chi connectivity index (χ3v) is 9.59. The standard InChI is InChI=1S/C45H25N5/c46-26-29-18-20-43-39(22-29)40-23-30(27-47)19-21-44(40)50(43)45-34(28-48)11-7-15-36(45)33-10-5-8-31(24-33)32-9-6-12-35(25-32)49-41-16-3-1-13-37(41)38-14-2-4-17-42(38)49/h1-25H. The minimum atomic E-state index is 0.522. The van der Waals surface area contributed by atoms with E-state index in [0.29, 0.717) is 16.7 Å². The molecule has 0 saturated carbocycles. The fourth-order valence-electron chi connectivity index (χ4n) is 7.40. The van der Waals surface area contributed by atoms with Crippen LogP contribution in [-0.2, 0) is 0 Å². The summed E-state index contributed by atoms with van der Waals surface area (Å²) in [4.78, 5) is 0. The largest absolute Gasteiger partial charge is 0.309 e. The molecule has 0 aliphatic rings. The maximum atomic E-state index is 10.4. The molecule has 0 radical (unpaired) electrons. The zero-order valence-corrected chi connectivity index (χ0v) is 26.7. The second-order valence-electron chi connectivity index (χ2n) is 12.3. The van der Waals surface area contributed by atoms with Gasteiger partial charge in [0.15, 0.2) is 0 Å². The van der Waals surface area contributed by atoms with Crippen molar-refractivity contribution in [2.24, 2.45) is 0 Å².